The standard InChI is InChI=1S/C5H10O2.Fe.O/c1-2-3-4-5(6)7;;/h2-4H2,1H3,(H,6,7);;. The van der Waals surface area contributed by atoms with Crippen molar-refractivity contribution in [1.82, 2.24) is 0 Å². The van der Waals surface area contributed by atoms with E-state index >= 15 is 0 Å². The number of hydrogen-bond acceptors (Lipinski definition) is 2. The van der Waals surface area contributed by atoms with Crippen LogP contribution in [-0.4, -0.2) is 11.1 Å². The summed E-state index contributed by atoms with van der Waals surface area (Å²) in [4.78, 5) is 9.76. The number of carboxylic acid groups (broad SMARTS) is 1. The van der Waals surface area contributed by atoms with E-state index in [2.05, 4.69) is 0 Å². The zero-order valence-corrected chi connectivity index (χ0v) is 6.34. The number of unbranched alkanes of at least 4 members (excludes halogenated alkanes) is 1. The van der Waals surface area contributed by atoms with Gasteiger partial charge < -0.3 is 5.11 Å². The van der Waals surface area contributed by atoms with E-state index in [1.807, 2.05) is 22.9 Å². The molecule has 0 heterocycles. The van der Waals surface area contributed by atoms with Crippen LogP contribution in [0.1, 0.15) is 26.2 Å². The molecule has 0 aromatic heterocycles. The van der Waals surface area contributed by atoms with Crippen LogP contribution >= 0.6 is 0 Å². The maximum absolute atomic E-state index is 9.76. The molecule has 0 rings (SSSR count). The summed E-state index contributed by atoms with van der Waals surface area (Å²) in [5.41, 5.74) is 0. The quantitative estimate of drug-likeness (QED) is 0.652. The first-order valence-corrected chi connectivity index (χ1v) is 3.08. The SMILES string of the molecule is CCCCC(=O)O.[O]=[Fe]. The summed E-state index contributed by atoms with van der Waals surface area (Å²) in [5, 5.41) is 8.04. The van der Waals surface area contributed by atoms with E-state index in [1.165, 1.54) is 0 Å². The number of carboxylic acids is 1. The minimum absolute atomic E-state index is 0.316. The predicted octanol–water partition coefficient (Wildman–Crippen LogP) is 1.14. The number of carbonyl (C=O) groups is 1. The van der Waals surface area contributed by atoms with Gasteiger partial charge in [-0.05, 0) is 6.42 Å². The van der Waals surface area contributed by atoms with E-state index in [0.29, 0.717) is 6.42 Å². The number of hydrogen-bond donors (Lipinski definition) is 1. The molecule has 0 amide bonds. The Hall–Kier alpha value is -0.211. The average molecular weight is 174 g/mol. The molecule has 0 spiro atoms. The van der Waals surface area contributed by atoms with Crippen LogP contribution in [0.5, 0.6) is 0 Å². The van der Waals surface area contributed by atoms with Gasteiger partial charge in [0.1, 0.15) is 0 Å². The first-order valence-electron chi connectivity index (χ1n) is 2.63. The molecule has 0 radical (unpaired) electrons. The second kappa shape index (κ2) is 10.7. The third-order valence-electron chi connectivity index (χ3n) is 0.744. The summed E-state index contributed by atoms with van der Waals surface area (Å²) in [5.74, 6) is -0.693. The normalized spacial score (nSPS) is 7.33. The fourth-order valence-electron chi connectivity index (χ4n) is 0.328. The van der Waals surface area contributed by atoms with Crippen molar-refractivity contribution in [1.29, 1.82) is 0 Å². The zero-order valence-electron chi connectivity index (χ0n) is 5.24. The molecule has 0 bridgehead atoms. The van der Waals surface area contributed by atoms with E-state index in [9.17, 15) is 4.79 Å². The molecular weight excluding hydrogens is 164 g/mol. The molecule has 9 heavy (non-hydrogen) atoms. The van der Waals surface area contributed by atoms with Crippen LogP contribution in [0, 0.1) is 0 Å². The van der Waals surface area contributed by atoms with Crippen molar-refractivity contribution < 1.29 is 29.7 Å². The number of rotatable bonds is 3. The van der Waals surface area contributed by atoms with Crippen molar-refractivity contribution in [2.45, 2.75) is 26.2 Å². The first-order chi connectivity index (χ1) is 4.27. The van der Waals surface area contributed by atoms with Crippen LogP contribution < -0.4 is 0 Å². The van der Waals surface area contributed by atoms with Crippen molar-refractivity contribution in [2.24, 2.45) is 0 Å². The molecule has 4 heteroatoms. The van der Waals surface area contributed by atoms with Gasteiger partial charge in [0, 0.05) is 6.42 Å². The summed E-state index contributed by atoms with van der Waals surface area (Å²) in [7, 11) is 0. The second-order valence-electron chi connectivity index (χ2n) is 1.50. The van der Waals surface area contributed by atoms with Gasteiger partial charge in [-0.3, -0.25) is 4.79 Å². The molecule has 3 nitrogen and oxygen atoms in total. The van der Waals surface area contributed by atoms with Gasteiger partial charge in [-0.15, -0.1) is 0 Å². The third kappa shape index (κ3) is 18.2. The van der Waals surface area contributed by atoms with E-state index in [4.69, 9.17) is 8.94 Å². The van der Waals surface area contributed by atoms with Gasteiger partial charge >= 0.3 is 25.7 Å². The van der Waals surface area contributed by atoms with Gasteiger partial charge in [0.05, 0.1) is 0 Å². The Morgan fingerprint density at radius 1 is 1.56 bits per heavy atom. The zero-order chi connectivity index (χ0) is 7.70. The molecule has 0 aliphatic heterocycles. The average Bonchev–Trinajstić information content (AvgIpc) is 1.88. The van der Waals surface area contributed by atoms with Crippen molar-refractivity contribution in [3.05, 3.63) is 0 Å². The monoisotopic (exact) mass is 174 g/mol. The van der Waals surface area contributed by atoms with E-state index in [0.717, 1.165) is 12.8 Å². The molecule has 0 fully saturated rings. The van der Waals surface area contributed by atoms with Crippen LogP contribution in [0.3, 0.4) is 0 Å². The van der Waals surface area contributed by atoms with Crippen molar-refractivity contribution >= 4 is 5.97 Å². The Morgan fingerprint density at radius 2 is 2.00 bits per heavy atom. The van der Waals surface area contributed by atoms with Gasteiger partial charge in [0.2, 0.25) is 0 Å². The Morgan fingerprint density at radius 3 is 2.11 bits per heavy atom. The minimum atomic E-state index is -0.693. The van der Waals surface area contributed by atoms with Gasteiger partial charge in [0.15, 0.2) is 0 Å². The Labute approximate surface area is 62.5 Å². The molecule has 1 N–H and O–H groups in total. The fraction of sp³-hybridized carbons (Fsp3) is 0.800. The molecule has 0 aliphatic carbocycles. The van der Waals surface area contributed by atoms with Gasteiger partial charge in [-0.25, -0.2) is 0 Å². The number of aliphatic carboxylic acids is 1. The molecular formula is C5H10FeO3. The van der Waals surface area contributed by atoms with Crippen LogP contribution in [0.4, 0.5) is 0 Å². The second-order valence-corrected chi connectivity index (χ2v) is 1.50. The fourth-order valence-corrected chi connectivity index (χ4v) is 0.328. The topological polar surface area (TPSA) is 54.4 Å². The molecule has 0 unspecified atom stereocenters. The van der Waals surface area contributed by atoms with E-state index in [1.54, 1.807) is 0 Å². The van der Waals surface area contributed by atoms with E-state index in [-0.39, 0.29) is 0 Å². The molecule has 56 valence electrons. The summed E-state index contributed by atoms with van der Waals surface area (Å²) >= 11 is 2.00. The molecule has 0 atom stereocenters. The summed E-state index contributed by atoms with van der Waals surface area (Å²) in [6.45, 7) is 1.98. The van der Waals surface area contributed by atoms with E-state index < -0.39 is 5.97 Å². The predicted molar refractivity (Wildman–Crippen MR) is 27.8 cm³/mol. The maximum atomic E-state index is 9.76. The Bertz CT molecular complexity index is 74.6. The third-order valence-corrected chi connectivity index (χ3v) is 0.744. The molecule has 0 saturated heterocycles. The summed E-state index contributed by atoms with van der Waals surface area (Å²) in [6, 6.07) is 0. The summed E-state index contributed by atoms with van der Waals surface area (Å²) in [6.07, 6.45) is 2.08. The van der Waals surface area contributed by atoms with Crippen LogP contribution in [-0.2, 0) is 24.6 Å². The Balaban J connectivity index is 0. The molecule has 0 aromatic carbocycles. The van der Waals surface area contributed by atoms with Crippen molar-refractivity contribution in [3.8, 4) is 0 Å². The van der Waals surface area contributed by atoms with Gasteiger partial charge in [0.25, 0.3) is 0 Å². The molecule has 0 aromatic rings. The Kier molecular flexibility index (Phi) is 13.8. The first kappa shape index (κ1) is 11.6. The van der Waals surface area contributed by atoms with Crippen molar-refractivity contribution in [3.63, 3.8) is 0 Å². The van der Waals surface area contributed by atoms with Gasteiger partial charge in [-0.2, -0.15) is 0 Å². The molecule has 0 aliphatic rings. The van der Waals surface area contributed by atoms with Crippen LogP contribution in [0.25, 0.3) is 0 Å². The van der Waals surface area contributed by atoms with Crippen LogP contribution in [0.2, 0.25) is 0 Å². The van der Waals surface area contributed by atoms with Crippen LogP contribution in [0.15, 0.2) is 0 Å². The van der Waals surface area contributed by atoms with Crippen molar-refractivity contribution in [2.75, 3.05) is 0 Å². The molecule has 0 saturated carbocycles. The van der Waals surface area contributed by atoms with Gasteiger partial charge in [-0.1, -0.05) is 13.3 Å². The summed E-state index contributed by atoms with van der Waals surface area (Å²) < 4.78 is 8.00.